The van der Waals surface area contributed by atoms with Crippen molar-refractivity contribution < 1.29 is 9.53 Å². The van der Waals surface area contributed by atoms with Crippen molar-refractivity contribution in [2.45, 2.75) is 12.3 Å². The van der Waals surface area contributed by atoms with Gasteiger partial charge in [0.05, 0.1) is 7.11 Å². The Kier molecular flexibility index (Phi) is 3.49. The number of carbonyl (C=O) groups excluding carboxylic acids is 1. The Morgan fingerprint density at radius 3 is 2.57 bits per heavy atom. The van der Waals surface area contributed by atoms with Crippen LogP contribution in [0.4, 0.5) is 0 Å². The number of hydrogen-bond donors (Lipinski definition) is 0. The van der Waals surface area contributed by atoms with E-state index in [0.717, 1.165) is 12.2 Å². The fourth-order valence-corrected chi connectivity index (χ4v) is 4.14. The van der Waals surface area contributed by atoms with E-state index >= 15 is 0 Å². The molecule has 0 N–H and O–H groups in total. The Bertz CT molecular complexity index is 736. The second-order valence-corrected chi connectivity index (χ2v) is 6.35. The van der Waals surface area contributed by atoms with Crippen LogP contribution in [0.15, 0.2) is 60.8 Å². The molecule has 2 bridgehead atoms. The summed E-state index contributed by atoms with van der Waals surface area (Å²) in [5.74, 6) is 2.04. The van der Waals surface area contributed by atoms with Gasteiger partial charge in [-0.05, 0) is 48.1 Å². The van der Waals surface area contributed by atoms with E-state index in [1.54, 1.807) is 13.3 Å². The zero-order chi connectivity index (χ0) is 15.8. The van der Waals surface area contributed by atoms with E-state index < -0.39 is 0 Å². The van der Waals surface area contributed by atoms with Crippen molar-refractivity contribution in [1.82, 2.24) is 4.98 Å². The van der Waals surface area contributed by atoms with Crippen LogP contribution in [0.3, 0.4) is 0 Å². The molecule has 4 rings (SSSR count). The van der Waals surface area contributed by atoms with Crippen molar-refractivity contribution in [2.75, 3.05) is 7.11 Å². The number of ether oxygens (including phenoxy) is 1. The summed E-state index contributed by atoms with van der Waals surface area (Å²) in [6.45, 7) is 0. The van der Waals surface area contributed by atoms with Crippen molar-refractivity contribution in [3.05, 3.63) is 72.1 Å². The number of allylic oxidation sites excluding steroid dienone is 2. The molecule has 0 unspecified atom stereocenters. The minimum atomic E-state index is -0.00621. The first-order valence-electron chi connectivity index (χ1n) is 8.05. The number of fused-ring (bicyclic) bond motifs is 2. The van der Waals surface area contributed by atoms with Gasteiger partial charge in [0.25, 0.3) is 0 Å². The van der Waals surface area contributed by atoms with Gasteiger partial charge in [0.2, 0.25) is 0 Å². The summed E-state index contributed by atoms with van der Waals surface area (Å²) in [6.07, 6.45) is 7.26. The van der Waals surface area contributed by atoms with Crippen molar-refractivity contribution in [3.63, 3.8) is 0 Å². The molecule has 3 nitrogen and oxygen atoms in total. The highest BCUT2D eigenvalue weighted by Crippen LogP contribution is 2.53. The second kappa shape index (κ2) is 5.65. The number of aromatic nitrogens is 1. The number of ketones is 1. The molecule has 1 heterocycles. The van der Waals surface area contributed by atoms with E-state index in [-0.39, 0.29) is 17.6 Å². The Balaban J connectivity index is 1.69. The molecule has 2 aliphatic carbocycles. The third kappa shape index (κ3) is 2.37. The van der Waals surface area contributed by atoms with Crippen LogP contribution in [0.5, 0.6) is 5.75 Å². The third-order valence-corrected chi connectivity index (χ3v) is 5.18. The molecule has 1 saturated carbocycles. The molecular formula is C20H19NO2. The molecule has 0 saturated heterocycles. The Morgan fingerprint density at radius 1 is 1.09 bits per heavy atom. The number of benzene rings is 1. The number of pyridine rings is 1. The lowest BCUT2D eigenvalue weighted by molar-refractivity contribution is 0.0881. The first-order chi connectivity index (χ1) is 11.3. The van der Waals surface area contributed by atoms with Crippen LogP contribution < -0.4 is 4.74 Å². The summed E-state index contributed by atoms with van der Waals surface area (Å²) >= 11 is 0. The highest BCUT2D eigenvalue weighted by molar-refractivity contribution is 5.97. The summed E-state index contributed by atoms with van der Waals surface area (Å²) in [4.78, 5) is 17.3. The van der Waals surface area contributed by atoms with Crippen molar-refractivity contribution >= 4 is 5.78 Å². The van der Waals surface area contributed by atoms with Gasteiger partial charge in [0.15, 0.2) is 5.78 Å². The largest absolute Gasteiger partial charge is 0.497 e. The normalized spacial score (nSPS) is 28.0. The standard InChI is InChI=1S/C20H19NO2/c1-23-16-9-7-13(8-10-16)18-14-5-6-15(12-14)19(18)20(22)17-4-2-3-11-21-17/h2-11,14-15,18-19H,12H2,1H3/t14-,15+,18+,19+/m1/s1. The van der Waals surface area contributed by atoms with Gasteiger partial charge >= 0.3 is 0 Å². The van der Waals surface area contributed by atoms with Crippen LogP contribution in [0, 0.1) is 17.8 Å². The maximum absolute atomic E-state index is 13.0. The summed E-state index contributed by atoms with van der Waals surface area (Å²) in [7, 11) is 1.67. The van der Waals surface area contributed by atoms with Crippen molar-refractivity contribution in [3.8, 4) is 5.75 Å². The van der Waals surface area contributed by atoms with Gasteiger partial charge in [-0.25, -0.2) is 0 Å². The monoisotopic (exact) mass is 305 g/mol. The van der Waals surface area contributed by atoms with E-state index in [1.165, 1.54) is 5.56 Å². The number of Topliss-reactive ketones (excluding diaryl/α,β-unsaturated/α-hetero) is 1. The van der Waals surface area contributed by atoms with Crippen LogP contribution in [0.25, 0.3) is 0 Å². The second-order valence-electron chi connectivity index (χ2n) is 6.35. The fraction of sp³-hybridized carbons (Fsp3) is 0.300. The molecule has 2 aliphatic rings. The lowest BCUT2D eigenvalue weighted by atomic mass is 9.75. The molecule has 0 aliphatic heterocycles. The summed E-state index contributed by atoms with van der Waals surface area (Å²) in [5.41, 5.74) is 1.80. The molecule has 116 valence electrons. The summed E-state index contributed by atoms with van der Waals surface area (Å²) in [5, 5.41) is 0. The van der Waals surface area contributed by atoms with Gasteiger partial charge in [-0.15, -0.1) is 0 Å². The first kappa shape index (κ1) is 14.2. The van der Waals surface area contributed by atoms with Crippen molar-refractivity contribution in [2.24, 2.45) is 17.8 Å². The quantitative estimate of drug-likeness (QED) is 0.635. The van der Waals surface area contributed by atoms with Crippen molar-refractivity contribution in [1.29, 1.82) is 0 Å². The number of carbonyl (C=O) groups is 1. The fourth-order valence-electron chi connectivity index (χ4n) is 4.14. The Labute approximate surface area is 136 Å². The Morgan fingerprint density at radius 2 is 1.87 bits per heavy atom. The van der Waals surface area contributed by atoms with E-state index in [1.807, 2.05) is 30.3 Å². The van der Waals surface area contributed by atoms with Crippen LogP contribution in [-0.4, -0.2) is 17.9 Å². The van der Waals surface area contributed by atoms with Crippen LogP contribution in [-0.2, 0) is 0 Å². The maximum Gasteiger partial charge on any atom is 0.185 e. The molecule has 23 heavy (non-hydrogen) atoms. The molecule has 1 fully saturated rings. The minimum absolute atomic E-state index is 0.00621. The van der Waals surface area contributed by atoms with Crippen LogP contribution in [0.2, 0.25) is 0 Å². The Hall–Kier alpha value is -2.42. The first-order valence-corrected chi connectivity index (χ1v) is 8.05. The van der Waals surface area contributed by atoms with Gasteiger partial charge in [0.1, 0.15) is 11.4 Å². The zero-order valence-electron chi connectivity index (χ0n) is 13.1. The highest BCUT2D eigenvalue weighted by atomic mass is 16.5. The van der Waals surface area contributed by atoms with Gasteiger partial charge in [0, 0.05) is 18.0 Å². The lowest BCUT2D eigenvalue weighted by Gasteiger charge is -2.27. The molecule has 4 atom stereocenters. The molecule has 0 amide bonds. The SMILES string of the molecule is COc1ccc([C@@H]2[C@@H](C(=O)c3ccccn3)[C@H]3C=C[C@@H]2C3)cc1. The average molecular weight is 305 g/mol. The highest BCUT2D eigenvalue weighted by Gasteiger charge is 2.48. The number of rotatable bonds is 4. The van der Waals surface area contributed by atoms with Gasteiger partial charge < -0.3 is 4.74 Å². The summed E-state index contributed by atoms with van der Waals surface area (Å²) in [6, 6.07) is 13.7. The van der Waals surface area contributed by atoms with Crippen LogP contribution >= 0.6 is 0 Å². The molecule has 2 aromatic rings. The van der Waals surface area contributed by atoms with E-state index in [9.17, 15) is 4.79 Å². The van der Waals surface area contributed by atoms with Gasteiger partial charge in [-0.1, -0.05) is 30.4 Å². The number of methoxy groups -OCH3 is 1. The molecule has 1 aromatic carbocycles. The molecule has 0 spiro atoms. The molecule has 0 radical (unpaired) electrons. The number of hydrogen-bond acceptors (Lipinski definition) is 3. The average Bonchev–Trinajstić information content (AvgIpc) is 3.23. The van der Waals surface area contributed by atoms with E-state index in [0.29, 0.717) is 17.5 Å². The molecular weight excluding hydrogens is 286 g/mol. The zero-order valence-corrected chi connectivity index (χ0v) is 13.1. The minimum Gasteiger partial charge on any atom is -0.497 e. The molecule has 1 aromatic heterocycles. The maximum atomic E-state index is 13.0. The van der Waals surface area contributed by atoms with E-state index in [2.05, 4.69) is 29.3 Å². The van der Waals surface area contributed by atoms with Gasteiger partial charge in [-0.2, -0.15) is 0 Å². The predicted molar refractivity (Wildman–Crippen MR) is 88.5 cm³/mol. The predicted octanol–water partition coefficient (Wildman–Crippen LogP) is 3.88. The summed E-state index contributed by atoms with van der Waals surface area (Å²) < 4.78 is 5.25. The smallest absolute Gasteiger partial charge is 0.185 e. The number of nitrogens with zero attached hydrogens (tertiary/aromatic N) is 1. The van der Waals surface area contributed by atoms with Crippen LogP contribution in [0.1, 0.15) is 28.4 Å². The third-order valence-electron chi connectivity index (χ3n) is 5.18. The molecule has 3 heteroatoms. The van der Waals surface area contributed by atoms with Gasteiger partial charge in [-0.3, -0.25) is 9.78 Å². The van der Waals surface area contributed by atoms with E-state index in [4.69, 9.17) is 4.74 Å². The topological polar surface area (TPSA) is 39.2 Å². The lowest BCUT2D eigenvalue weighted by Crippen LogP contribution is -2.27.